The number of nitrogens with one attached hydrogen (secondary N) is 1. The van der Waals surface area contributed by atoms with Crippen molar-refractivity contribution in [3.8, 4) is 5.75 Å². The average Bonchev–Trinajstić information content (AvgIpc) is 3.02. The van der Waals surface area contributed by atoms with Gasteiger partial charge in [0.05, 0.1) is 17.7 Å². The van der Waals surface area contributed by atoms with Gasteiger partial charge in [-0.2, -0.15) is 0 Å². The third-order valence-electron chi connectivity index (χ3n) is 6.99. The molecule has 0 unspecified atom stereocenters. The lowest BCUT2D eigenvalue weighted by atomic mass is 10.0. The van der Waals surface area contributed by atoms with Gasteiger partial charge in [0.1, 0.15) is 18.3 Å². The Morgan fingerprint density at radius 1 is 0.822 bits per heavy atom. The molecular formula is C34H35Cl2N3O5S. The van der Waals surface area contributed by atoms with Crippen molar-refractivity contribution in [3.63, 3.8) is 0 Å². The number of anilines is 1. The van der Waals surface area contributed by atoms with E-state index in [1.807, 2.05) is 44.2 Å². The second-order valence-electron chi connectivity index (χ2n) is 10.7. The van der Waals surface area contributed by atoms with Crippen LogP contribution >= 0.6 is 23.2 Å². The fourth-order valence-electron chi connectivity index (χ4n) is 4.76. The first kappa shape index (κ1) is 33.8. The Morgan fingerprint density at radius 2 is 1.49 bits per heavy atom. The molecule has 0 saturated heterocycles. The summed E-state index contributed by atoms with van der Waals surface area (Å²) in [6.07, 6.45) is 0.209. The molecule has 0 radical (unpaired) electrons. The van der Waals surface area contributed by atoms with Gasteiger partial charge >= 0.3 is 0 Å². The number of carbonyl (C=O) groups excluding carboxylic acids is 2. The molecule has 1 atom stereocenters. The van der Waals surface area contributed by atoms with E-state index < -0.39 is 28.5 Å². The van der Waals surface area contributed by atoms with Crippen LogP contribution < -0.4 is 14.4 Å². The summed E-state index contributed by atoms with van der Waals surface area (Å²) in [6.45, 7) is 3.11. The Kier molecular flexibility index (Phi) is 11.5. The number of halogens is 2. The molecule has 0 heterocycles. The van der Waals surface area contributed by atoms with E-state index in [2.05, 4.69) is 5.32 Å². The molecule has 0 aromatic heterocycles. The summed E-state index contributed by atoms with van der Waals surface area (Å²) < 4.78 is 34.4. The highest BCUT2D eigenvalue weighted by Gasteiger charge is 2.35. The van der Waals surface area contributed by atoms with Crippen LogP contribution in [0, 0.1) is 0 Å². The summed E-state index contributed by atoms with van der Waals surface area (Å²) in [6, 6.07) is 27.3. The summed E-state index contributed by atoms with van der Waals surface area (Å²) in [4.78, 5) is 29.6. The van der Waals surface area contributed by atoms with Crippen molar-refractivity contribution in [2.45, 2.75) is 43.8 Å². The van der Waals surface area contributed by atoms with Crippen LogP contribution in [0.2, 0.25) is 10.0 Å². The van der Waals surface area contributed by atoms with E-state index in [9.17, 15) is 18.0 Å². The van der Waals surface area contributed by atoms with Crippen LogP contribution in [0.25, 0.3) is 0 Å². The largest absolute Gasteiger partial charge is 0.497 e. The van der Waals surface area contributed by atoms with Crippen molar-refractivity contribution < 1.29 is 22.7 Å². The number of methoxy groups -OCH3 is 1. The van der Waals surface area contributed by atoms with Gasteiger partial charge in [0.15, 0.2) is 0 Å². The third kappa shape index (κ3) is 9.00. The molecule has 0 bridgehead atoms. The zero-order chi connectivity index (χ0) is 32.6. The number of carbonyl (C=O) groups is 2. The van der Waals surface area contributed by atoms with Crippen LogP contribution in [0.3, 0.4) is 0 Å². The van der Waals surface area contributed by atoms with Gasteiger partial charge in [-0.05, 0) is 79.6 Å². The molecule has 0 spiro atoms. The molecule has 1 N–H and O–H groups in total. The lowest BCUT2D eigenvalue weighted by Gasteiger charge is -2.34. The number of nitrogens with zero attached hydrogens (tertiary/aromatic N) is 2. The standard InChI is InChI=1S/C34H35Cl2N3O5S/c1-24(2)37-34(41)32(20-25-8-5-4-6-9-25)38(22-26-12-14-27(35)15-13-26)33(40)23-39(29-11-7-10-28(36)21-29)45(42,43)31-18-16-30(44-3)17-19-31/h4-19,21,24,32H,20,22-23H2,1-3H3,(H,37,41)/t32-/m1/s1. The number of benzene rings is 4. The second kappa shape index (κ2) is 15.3. The number of ether oxygens (including phenoxy) is 1. The molecule has 4 rings (SSSR count). The molecule has 8 nitrogen and oxygen atoms in total. The summed E-state index contributed by atoms with van der Waals surface area (Å²) in [5, 5.41) is 3.76. The van der Waals surface area contributed by atoms with E-state index in [1.54, 1.807) is 42.5 Å². The third-order valence-corrected chi connectivity index (χ3v) is 9.27. The monoisotopic (exact) mass is 667 g/mol. The predicted octanol–water partition coefficient (Wildman–Crippen LogP) is 6.36. The maximum Gasteiger partial charge on any atom is 0.264 e. The van der Waals surface area contributed by atoms with Crippen molar-refractivity contribution >= 4 is 50.7 Å². The number of hydrogen-bond acceptors (Lipinski definition) is 5. The van der Waals surface area contributed by atoms with Crippen LogP contribution in [0.4, 0.5) is 5.69 Å². The van der Waals surface area contributed by atoms with Crippen LogP contribution in [0.5, 0.6) is 5.75 Å². The number of amides is 2. The number of sulfonamides is 1. The van der Waals surface area contributed by atoms with E-state index in [1.165, 1.54) is 42.3 Å². The first-order valence-electron chi connectivity index (χ1n) is 14.3. The van der Waals surface area contributed by atoms with E-state index >= 15 is 0 Å². The SMILES string of the molecule is COc1ccc(S(=O)(=O)N(CC(=O)N(Cc2ccc(Cl)cc2)[C@H](Cc2ccccc2)C(=O)NC(C)C)c2cccc(Cl)c2)cc1. The summed E-state index contributed by atoms with van der Waals surface area (Å²) in [7, 11) is -2.79. The maximum absolute atomic E-state index is 14.4. The highest BCUT2D eigenvalue weighted by atomic mass is 35.5. The van der Waals surface area contributed by atoms with Gasteiger partial charge in [-0.25, -0.2) is 8.42 Å². The van der Waals surface area contributed by atoms with Gasteiger partial charge in [-0.3, -0.25) is 13.9 Å². The minimum Gasteiger partial charge on any atom is -0.497 e. The maximum atomic E-state index is 14.4. The first-order chi connectivity index (χ1) is 21.5. The Morgan fingerprint density at radius 3 is 2.09 bits per heavy atom. The minimum absolute atomic E-state index is 0.0327. The molecule has 236 valence electrons. The average molecular weight is 669 g/mol. The van der Waals surface area contributed by atoms with Gasteiger partial charge in [0.2, 0.25) is 11.8 Å². The number of rotatable bonds is 13. The lowest BCUT2D eigenvalue weighted by Crippen LogP contribution is -2.54. The van der Waals surface area contributed by atoms with Gasteiger partial charge in [0.25, 0.3) is 10.0 Å². The van der Waals surface area contributed by atoms with Crippen molar-refractivity contribution in [2.75, 3.05) is 18.0 Å². The van der Waals surface area contributed by atoms with E-state index in [0.717, 1.165) is 15.4 Å². The second-order valence-corrected chi connectivity index (χ2v) is 13.4. The fraction of sp³-hybridized carbons (Fsp3) is 0.235. The molecule has 2 amide bonds. The molecule has 11 heteroatoms. The molecule has 0 fully saturated rings. The van der Waals surface area contributed by atoms with Crippen molar-refractivity contribution in [3.05, 3.63) is 124 Å². The van der Waals surface area contributed by atoms with Gasteiger partial charge in [-0.15, -0.1) is 0 Å². The van der Waals surface area contributed by atoms with Gasteiger partial charge in [0, 0.05) is 29.1 Å². The molecule has 0 aliphatic rings. The molecule has 45 heavy (non-hydrogen) atoms. The smallest absolute Gasteiger partial charge is 0.264 e. The van der Waals surface area contributed by atoms with E-state index in [4.69, 9.17) is 27.9 Å². The molecule has 4 aromatic rings. The van der Waals surface area contributed by atoms with Gasteiger partial charge < -0.3 is 15.0 Å². The zero-order valence-electron chi connectivity index (χ0n) is 25.2. The molecule has 0 aliphatic carbocycles. The molecule has 0 saturated carbocycles. The quantitative estimate of drug-likeness (QED) is 0.179. The molecule has 0 aliphatic heterocycles. The Hall–Kier alpha value is -4.05. The van der Waals surface area contributed by atoms with Crippen molar-refractivity contribution in [2.24, 2.45) is 0 Å². The number of hydrogen-bond donors (Lipinski definition) is 1. The summed E-state index contributed by atoms with van der Waals surface area (Å²) >= 11 is 12.4. The summed E-state index contributed by atoms with van der Waals surface area (Å²) in [5.74, 6) is -0.460. The summed E-state index contributed by atoms with van der Waals surface area (Å²) in [5.41, 5.74) is 1.76. The van der Waals surface area contributed by atoms with E-state index in [0.29, 0.717) is 15.8 Å². The lowest BCUT2D eigenvalue weighted by molar-refractivity contribution is -0.140. The Labute approximate surface area is 274 Å². The molecule has 4 aromatic carbocycles. The normalized spacial score (nSPS) is 12.0. The van der Waals surface area contributed by atoms with Crippen molar-refractivity contribution in [1.29, 1.82) is 0 Å². The van der Waals surface area contributed by atoms with Crippen LogP contribution in [0.1, 0.15) is 25.0 Å². The predicted molar refractivity (Wildman–Crippen MR) is 178 cm³/mol. The van der Waals surface area contributed by atoms with Crippen LogP contribution in [0.15, 0.2) is 108 Å². The minimum atomic E-state index is -4.27. The zero-order valence-corrected chi connectivity index (χ0v) is 27.5. The highest BCUT2D eigenvalue weighted by molar-refractivity contribution is 7.92. The topological polar surface area (TPSA) is 96.0 Å². The first-order valence-corrected chi connectivity index (χ1v) is 16.5. The van der Waals surface area contributed by atoms with Crippen molar-refractivity contribution in [1.82, 2.24) is 10.2 Å². The Bertz CT molecular complexity index is 1700. The van der Waals surface area contributed by atoms with Gasteiger partial charge in [-0.1, -0.05) is 71.7 Å². The highest BCUT2D eigenvalue weighted by Crippen LogP contribution is 2.28. The van der Waals surface area contributed by atoms with Crippen LogP contribution in [-0.4, -0.2) is 50.9 Å². The Balaban J connectivity index is 1.80. The molecular weight excluding hydrogens is 633 g/mol. The van der Waals surface area contributed by atoms with Crippen LogP contribution in [-0.2, 0) is 32.6 Å². The fourth-order valence-corrected chi connectivity index (χ4v) is 6.47. The van der Waals surface area contributed by atoms with E-state index in [-0.39, 0.29) is 35.5 Å².